The molecule has 1 heteroatoms. The molecule has 0 saturated heterocycles. The summed E-state index contributed by atoms with van der Waals surface area (Å²) in [6.45, 7) is 8.89. The Morgan fingerprint density at radius 1 is 0.609 bits per heavy atom. The van der Waals surface area contributed by atoms with Crippen molar-refractivity contribution in [2.45, 2.75) is 130 Å². The zero-order valence-corrected chi connectivity index (χ0v) is 16.8. The van der Waals surface area contributed by atoms with Gasteiger partial charge < -0.3 is 5.32 Å². The number of nitrogens with one attached hydrogen (secondary N) is 1. The molecular weight excluding hydrogens is 278 g/mol. The maximum atomic E-state index is 3.39. The van der Waals surface area contributed by atoms with E-state index >= 15 is 0 Å². The predicted molar refractivity (Wildman–Crippen MR) is 107 cm³/mol. The molecule has 0 heterocycles. The number of hydrogen-bond donors (Lipinski definition) is 1. The lowest BCUT2D eigenvalue weighted by Gasteiger charge is -2.18. The molecule has 0 saturated carbocycles. The van der Waals surface area contributed by atoms with Gasteiger partial charge in [0.1, 0.15) is 0 Å². The van der Waals surface area contributed by atoms with Crippen LogP contribution < -0.4 is 5.32 Å². The molecule has 0 rings (SSSR count). The van der Waals surface area contributed by atoms with E-state index in [-0.39, 0.29) is 5.54 Å². The van der Waals surface area contributed by atoms with Crippen LogP contribution in [0.4, 0.5) is 0 Å². The molecule has 1 N–H and O–H groups in total. The smallest absolute Gasteiger partial charge is 0.0283 e. The van der Waals surface area contributed by atoms with Gasteiger partial charge in [0.2, 0.25) is 0 Å². The van der Waals surface area contributed by atoms with Gasteiger partial charge in [0.05, 0.1) is 0 Å². The van der Waals surface area contributed by atoms with E-state index in [1.807, 2.05) is 0 Å². The van der Waals surface area contributed by atoms with Crippen LogP contribution in [0.1, 0.15) is 124 Å². The zero-order valence-electron chi connectivity index (χ0n) is 16.8. The summed E-state index contributed by atoms with van der Waals surface area (Å²) in [6.07, 6.45) is 25.8. The number of allylic oxidation sites excluding steroid dienone is 1. The van der Waals surface area contributed by atoms with E-state index in [0.717, 1.165) is 0 Å². The molecule has 0 aromatic carbocycles. The van der Waals surface area contributed by atoms with Gasteiger partial charge in [-0.1, -0.05) is 96.5 Å². The van der Waals surface area contributed by atoms with Crippen LogP contribution in [0.15, 0.2) is 12.3 Å². The van der Waals surface area contributed by atoms with Crippen molar-refractivity contribution in [2.75, 3.05) is 0 Å². The Kier molecular flexibility index (Phi) is 16.1. The highest BCUT2D eigenvalue weighted by Crippen LogP contribution is 2.13. The lowest BCUT2D eigenvalue weighted by molar-refractivity contribution is 0.490. The molecular formula is C22H45N. The molecule has 0 bridgehead atoms. The van der Waals surface area contributed by atoms with Gasteiger partial charge in [0.25, 0.3) is 0 Å². The van der Waals surface area contributed by atoms with Crippen LogP contribution >= 0.6 is 0 Å². The Balaban J connectivity index is 3.08. The Hall–Kier alpha value is -0.460. The molecule has 0 atom stereocenters. The molecule has 0 amide bonds. The first-order valence-corrected chi connectivity index (χ1v) is 10.5. The summed E-state index contributed by atoms with van der Waals surface area (Å²) in [5.74, 6) is 0. The van der Waals surface area contributed by atoms with Crippen LogP contribution in [0.2, 0.25) is 0 Å². The van der Waals surface area contributed by atoms with Crippen LogP contribution in [-0.2, 0) is 0 Å². The summed E-state index contributed by atoms with van der Waals surface area (Å²) in [5.41, 5.74) is 0.200. The molecule has 0 aliphatic rings. The van der Waals surface area contributed by atoms with Crippen molar-refractivity contribution in [3.8, 4) is 0 Å². The molecule has 0 fully saturated rings. The number of rotatable bonds is 16. The van der Waals surface area contributed by atoms with E-state index in [4.69, 9.17) is 0 Å². The van der Waals surface area contributed by atoms with E-state index in [1.54, 1.807) is 0 Å². The zero-order chi connectivity index (χ0) is 17.2. The Bertz CT molecular complexity index is 249. The minimum atomic E-state index is 0.200. The largest absolute Gasteiger partial charge is 0.387 e. The lowest BCUT2D eigenvalue weighted by atomic mass is 10.0. The van der Waals surface area contributed by atoms with Crippen molar-refractivity contribution >= 4 is 0 Å². The fourth-order valence-electron chi connectivity index (χ4n) is 2.85. The molecule has 0 radical (unpaired) electrons. The summed E-state index contributed by atoms with van der Waals surface area (Å²) in [6, 6.07) is 0. The maximum absolute atomic E-state index is 3.39. The summed E-state index contributed by atoms with van der Waals surface area (Å²) < 4.78 is 0. The Morgan fingerprint density at radius 2 is 1.00 bits per heavy atom. The summed E-state index contributed by atoms with van der Waals surface area (Å²) in [7, 11) is 0. The van der Waals surface area contributed by atoms with Crippen molar-refractivity contribution < 1.29 is 0 Å². The van der Waals surface area contributed by atoms with Crippen molar-refractivity contribution in [3.05, 3.63) is 12.3 Å². The van der Waals surface area contributed by atoms with Crippen LogP contribution in [0, 0.1) is 0 Å². The molecule has 0 aliphatic carbocycles. The van der Waals surface area contributed by atoms with E-state index in [0.29, 0.717) is 0 Å². The van der Waals surface area contributed by atoms with Crippen LogP contribution in [0.25, 0.3) is 0 Å². The third-order valence-electron chi connectivity index (χ3n) is 4.36. The number of hydrogen-bond acceptors (Lipinski definition) is 1. The Labute approximate surface area is 147 Å². The molecule has 0 aromatic heterocycles. The van der Waals surface area contributed by atoms with E-state index in [1.165, 1.54) is 96.3 Å². The summed E-state index contributed by atoms with van der Waals surface area (Å²) >= 11 is 0. The molecule has 0 aliphatic heterocycles. The van der Waals surface area contributed by atoms with Gasteiger partial charge in [-0.25, -0.2) is 0 Å². The third kappa shape index (κ3) is 21.5. The molecule has 0 aromatic rings. The highest BCUT2D eigenvalue weighted by Gasteiger charge is 2.03. The van der Waals surface area contributed by atoms with Gasteiger partial charge in [-0.15, -0.1) is 0 Å². The highest BCUT2D eigenvalue weighted by atomic mass is 14.9. The van der Waals surface area contributed by atoms with Gasteiger partial charge in [-0.3, -0.25) is 0 Å². The molecule has 0 unspecified atom stereocenters. The second-order valence-corrected chi connectivity index (χ2v) is 8.18. The molecule has 138 valence electrons. The number of unbranched alkanes of at least 4 members (excludes halogenated alkanes) is 14. The first-order chi connectivity index (χ1) is 11.1. The Morgan fingerprint density at radius 3 is 1.39 bits per heavy atom. The normalized spacial score (nSPS) is 12.2. The van der Waals surface area contributed by atoms with Crippen LogP contribution in [-0.4, -0.2) is 5.54 Å². The van der Waals surface area contributed by atoms with E-state index in [2.05, 4.69) is 45.3 Å². The monoisotopic (exact) mass is 323 g/mol. The highest BCUT2D eigenvalue weighted by molar-refractivity contribution is 4.85. The fourth-order valence-corrected chi connectivity index (χ4v) is 2.85. The van der Waals surface area contributed by atoms with Gasteiger partial charge in [0.15, 0.2) is 0 Å². The molecule has 1 nitrogen and oxygen atoms in total. The predicted octanol–water partition coefficient (Wildman–Crippen LogP) is 7.76. The SMILES string of the molecule is CCCCCCCCCCCCCCCCC=CNC(C)(C)C. The summed E-state index contributed by atoms with van der Waals surface area (Å²) in [4.78, 5) is 0. The second-order valence-electron chi connectivity index (χ2n) is 8.18. The van der Waals surface area contributed by atoms with Gasteiger partial charge >= 0.3 is 0 Å². The second kappa shape index (κ2) is 16.4. The van der Waals surface area contributed by atoms with E-state index < -0.39 is 0 Å². The first kappa shape index (κ1) is 22.5. The van der Waals surface area contributed by atoms with Gasteiger partial charge in [0, 0.05) is 5.54 Å². The molecule has 23 heavy (non-hydrogen) atoms. The average molecular weight is 324 g/mol. The van der Waals surface area contributed by atoms with Gasteiger partial charge in [-0.2, -0.15) is 0 Å². The van der Waals surface area contributed by atoms with E-state index in [9.17, 15) is 0 Å². The minimum Gasteiger partial charge on any atom is -0.387 e. The van der Waals surface area contributed by atoms with Crippen molar-refractivity contribution in [1.29, 1.82) is 0 Å². The standard InChI is InChI=1S/C22H45N/c1-5-6-7-8-9-10-11-12-13-14-15-16-17-18-19-20-21-23-22(2,3)4/h20-21,23H,5-19H2,1-4H3. The summed E-state index contributed by atoms with van der Waals surface area (Å²) in [5, 5.41) is 3.39. The fraction of sp³-hybridized carbons (Fsp3) is 0.909. The van der Waals surface area contributed by atoms with Crippen molar-refractivity contribution in [3.63, 3.8) is 0 Å². The average Bonchev–Trinajstić information content (AvgIpc) is 2.49. The topological polar surface area (TPSA) is 12.0 Å². The van der Waals surface area contributed by atoms with Gasteiger partial charge in [-0.05, 0) is 39.8 Å². The van der Waals surface area contributed by atoms with Crippen molar-refractivity contribution in [1.82, 2.24) is 5.32 Å². The molecule has 0 spiro atoms. The lowest BCUT2D eigenvalue weighted by Crippen LogP contribution is -2.30. The minimum absolute atomic E-state index is 0.200. The third-order valence-corrected chi connectivity index (χ3v) is 4.36. The van der Waals surface area contributed by atoms with Crippen LogP contribution in [0.3, 0.4) is 0 Å². The van der Waals surface area contributed by atoms with Crippen molar-refractivity contribution in [2.24, 2.45) is 0 Å². The quantitative estimate of drug-likeness (QED) is 0.286. The van der Waals surface area contributed by atoms with Crippen LogP contribution in [0.5, 0.6) is 0 Å². The maximum Gasteiger partial charge on any atom is 0.0283 e. The first-order valence-electron chi connectivity index (χ1n) is 10.5.